The summed E-state index contributed by atoms with van der Waals surface area (Å²) in [7, 11) is 0. The standard InChI is InChI=1S/C30H44O5/c1-3-4-5-6-23-7-11-25(12-8-23)26-13-15-27(16-14-26)30(33)35-28-17-9-24(10-18-28)19-20-34-29(32)22(2)21-31/h9-10,17-18,23,25-27,31H,2-8,11-16,19-21H2,1H3. The van der Waals surface area contributed by atoms with Crippen LogP contribution in [0.4, 0.5) is 0 Å². The van der Waals surface area contributed by atoms with E-state index in [1.807, 2.05) is 12.1 Å². The molecule has 0 radical (unpaired) electrons. The number of benzene rings is 1. The summed E-state index contributed by atoms with van der Waals surface area (Å²) < 4.78 is 10.7. The van der Waals surface area contributed by atoms with Crippen LogP contribution in [0.5, 0.6) is 5.75 Å². The van der Waals surface area contributed by atoms with Crippen LogP contribution in [0.1, 0.15) is 89.5 Å². The second kappa shape index (κ2) is 14.4. The van der Waals surface area contributed by atoms with Crippen molar-refractivity contribution in [3.05, 3.63) is 42.0 Å². The van der Waals surface area contributed by atoms with Gasteiger partial charge in [0, 0.05) is 6.42 Å². The Labute approximate surface area is 211 Å². The molecule has 0 amide bonds. The van der Waals surface area contributed by atoms with Crippen molar-refractivity contribution in [1.82, 2.24) is 0 Å². The Morgan fingerprint density at radius 3 is 2.17 bits per heavy atom. The van der Waals surface area contributed by atoms with Gasteiger partial charge < -0.3 is 14.6 Å². The first-order valence-electron chi connectivity index (χ1n) is 13.8. The fourth-order valence-corrected chi connectivity index (χ4v) is 5.81. The highest BCUT2D eigenvalue weighted by molar-refractivity contribution is 5.87. The molecule has 2 fully saturated rings. The normalized spacial score (nSPS) is 24.5. The Bertz CT molecular complexity index is 799. The maximum atomic E-state index is 12.7. The Morgan fingerprint density at radius 1 is 0.943 bits per heavy atom. The van der Waals surface area contributed by atoms with E-state index in [-0.39, 0.29) is 24.1 Å². The van der Waals surface area contributed by atoms with Gasteiger partial charge in [0.1, 0.15) is 5.75 Å². The van der Waals surface area contributed by atoms with Gasteiger partial charge in [-0.15, -0.1) is 0 Å². The van der Waals surface area contributed by atoms with E-state index in [4.69, 9.17) is 14.6 Å². The van der Waals surface area contributed by atoms with E-state index in [1.54, 1.807) is 12.1 Å². The van der Waals surface area contributed by atoms with E-state index >= 15 is 0 Å². The number of carbonyl (C=O) groups is 2. The summed E-state index contributed by atoms with van der Waals surface area (Å²) in [5, 5.41) is 8.89. The maximum Gasteiger partial charge on any atom is 0.335 e. The van der Waals surface area contributed by atoms with Crippen LogP contribution in [-0.4, -0.2) is 30.3 Å². The van der Waals surface area contributed by atoms with E-state index in [1.165, 1.54) is 51.4 Å². The van der Waals surface area contributed by atoms with E-state index in [2.05, 4.69) is 13.5 Å². The minimum Gasteiger partial charge on any atom is -0.462 e. The highest BCUT2D eigenvalue weighted by Gasteiger charge is 2.33. The molecule has 2 saturated carbocycles. The second-order valence-electron chi connectivity index (χ2n) is 10.6. The minimum atomic E-state index is -0.581. The molecule has 0 spiro atoms. The molecule has 35 heavy (non-hydrogen) atoms. The highest BCUT2D eigenvalue weighted by Crippen LogP contribution is 2.42. The van der Waals surface area contributed by atoms with Gasteiger partial charge >= 0.3 is 11.9 Å². The third-order valence-electron chi connectivity index (χ3n) is 8.12. The number of esters is 2. The molecule has 5 nitrogen and oxygen atoms in total. The lowest BCUT2D eigenvalue weighted by Crippen LogP contribution is -2.30. The first kappa shape index (κ1) is 27.4. The van der Waals surface area contributed by atoms with Crippen LogP contribution in [0.2, 0.25) is 0 Å². The Balaban J connectivity index is 1.34. The zero-order valence-corrected chi connectivity index (χ0v) is 21.5. The number of carbonyl (C=O) groups excluding carboxylic acids is 2. The molecule has 0 unspecified atom stereocenters. The number of aliphatic hydroxyl groups excluding tert-OH is 1. The fourth-order valence-electron chi connectivity index (χ4n) is 5.81. The average Bonchev–Trinajstić information content (AvgIpc) is 2.89. The van der Waals surface area contributed by atoms with Crippen LogP contribution in [0.15, 0.2) is 36.4 Å². The van der Waals surface area contributed by atoms with Crippen molar-refractivity contribution < 1.29 is 24.2 Å². The summed E-state index contributed by atoms with van der Waals surface area (Å²) in [4.78, 5) is 24.3. The Morgan fingerprint density at radius 2 is 1.57 bits per heavy atom. The van der Waals surface area contributed by atoms with Gasteiger partial charge in [-0.25, -0.2) is 4.79 Å². The summed E-state index contributed by atoms with van der Waals surface area (Å²) >= 11 is 0. The molecule has 0 saturated heterocycles. The van der Waals surface area contributed by atoms with Crippen molar-refractivity contribution in [3.63, 3.8) is 0 Å². The summed E-state index contributed by atoms with van der Waals surface area (Å²) in [5.74, 6) is 2.50. The van der Waals surface area contributed by atoms with Gasteiger partial charge in [0.2, 0.25) is 0 Å². The molecule has 0 bridgehead atoms. The quantitative estimate of drug-likeness (QED) is 0.160. The third kappa shape index (κ3) is 8.79. The molecule has 2 aliphatic rings. The monoisotopic (exact) mass is 484 g/mol. The molecule has 1 aromatic carbocycles. The molecule has 194 valence electrons. The van der Waals surface area contributed by atoms with Crippen LogP contribution in [0.25, 0.3) is 0 Å². The van der Waals surface area contributed by atoms with Crippen molar-refractivity contribution in [1.29, 1.82) is 0 Å². The predicted octanol–water partition coefficient (Wildman–Crippen LogP) is 6.42. The van der Waals surface area contributed by atoms with E-state index in [9.17, 15) is 9.59 Å². The number of rotatable bonds is 12. The van der Waals surface area contributed by atoms with Gasteiger partial charge in [-0.1, -0.05) is 64.2 Å². The lowest BCUT2D eigenvalue weighted by atomic mass is 9.68. The van der Waals surface area contributed by atoms with Gasteiger partial charge in [-0.05, 0) is 74.0 Å². The summed E-state index contributed by atoms with van der Waals surface area (Å²) in [6, 6.07) is 7.36. The molecule has 0 aromatic heterocycles. The summed E-state index contributed by atoms with van der Waals surface area (Å²) in [6.45, 7) is 5.53. The largest absolute Gasteiger partial charge is 0.462 e. The van der Waals surface area contributed by atoms with Crippen molar-refractivity contribution in [2.45, 2.75) is 90.4 Å². The highest BCUT2D eigenvalue weighted by atomic mass is 16.5. The number of unbranched alkanes of at least 4 members (excludes halogenated alkanes) is 2. The van der Waals surface area contributed by atoms with E-state index in [0.29, 0.717) is 12.2 Å². The van der Waals surface area contributed by atoms with Crippen molar-refractivity contribution >= 4 is 11.9 Å². The van der Waals surface area contributed by atoms with Gasteiger partial charge in [0.25, 0.3) is 0 Å². The first-order chi connectivity index (χ1) is 17.0. The van der Waals surface area contributed by atoms with Gasteiger partial charge in [-0.2, -0.15) is 0 Å². The predicted molar refractivity (Wildman–Crippen MR) is 138 cm³/mol. The molecule has 1 N–H and O–H groups in total. The second-order valence-corrected chi connectivity index (χ2v) is 10.6. The van der Waals surface area contributed by atoms with Gasteiger partial charge in [-0.3, -0.25) is 4.79 Å². The van der Waals surface area contributed by atoms with Crippen molar-refractivity contribution in [2.24, 2.45) is 23.7 Å². The van der Waals surface area contributed by atoms with Gasteiger partial charge in [0.15, 0.2) is 0 Å². The molecular weight excluding hydrogens is 440 g/mol. The molecule has 0 aliphatic heterocycles. The molecule has 3 rings (SSSR count). The van der Waals surface area contributed by atoms with Crippen molar-refractivity contribution in [2.75, 3.05) is 13.2 Å². The first-order valence-corrected chi connectivity index (χ1v) is 13.8. The number of hydrogen-bond donors (Lipinski definition) is 1. The van der Waals surface area contributed by atoms with E-state index < -0.39 is 12.6 Å². The molecule has 5 heteroatoms. The van der Waals surface area contributed by atoms with Crippen LogP contribution < -0.4 is 4.74 Å². The smallest absolute Gasteiger partial charge is 0.335 e. The van der Waals surface area contributed by atoms with Gasteiger partial charge in [0.05, 0.1) is 24.7 Å². The molecule has 0 heterocycles. The SMILES string of the molecule is C=C(CO)C(=O)OCCc1ccc(OC(=O)C2CCC(C3CCC(CCCCC)CC3)CC2)cc1. The summed E-state index contributed by atoms with van der Waals surface area (Å²) in [6.07, 6.45) is 15.9. The van der Waals surface area contributed by atoms with Crippen LogP contribution in [0, 0.1) is 23.7 Å². The lowest BCUT2D eigenvalue weighted by molar-refractivity contribution is -0.141. The lowest BCUT2D eigenvalue weighted by Gasteiger charge is -2.37. The minimum absolute atomic E-state index is 0.00958. The zero-order chi connectivity index (χ0) is 25.0. The average molecular weight is 485 g/mol. The Kier molecular flexibility index (Phi) is 11.3. The van der Waals surface area contributed by atoms with Crippen LogP contribution >= 0.6 is 0 Å². The van der Waals surface area contributed by atoms with Crippen molar-refractivity contribution in [3.8, 4) is 5.75 Å². The maximum absolute atomic E-state index is 12.7. The number of aliphatic hydroxyl groups is 1. The molecule has 1 aromatic rings. The third-order valence-corrected chi connectivity index (χ3v) is 8.12. The van der Waals surface area contributed by atoms with E-state index in [0.717, 1.165) is 49.0 Å². The zero-order valence-electron chi connectivity index (χ0n) is 21.5. The number of hydrogen-bond acceptors (Lipinski definition) is 5. The number of ether oxygens (including phenoxy) is 2. The Hall–Kier alpha value is -2.14. The van der Waals surface area contributed by atoms with Crippen LogP contribution in [-0.2, 0) is 20.7 Å². The summed E-state index contributed by atoms with van der Waals surface area (Å²) in [5.41, 5.74) is 1.03. The molecule has 2 aliphatic carbocycles. The fraction of sp³-hybridized carbons (Fsp3) is 0.667. The molecule has 0 atom stereocenters. The topological polar surface area (TPSA) is 72.8 Å². The van der Waals surface area contributed by atoms with Crippen LogP contribution in [0.3, 0.4) is 0 Å². The molecular formula is C30H44O5.